The van der Waals surface area contributed by atoms with Crippen molar-refractivity contribution in [3.05, 3.63) is 59.4 Å². The largest absolute Gasteiger partial charge is 0.501 e. The zero-order valence-corrected chi connectivity index (χ0v) is 12.1. The molecule has 2 rings (SSSR count). The molecule has 0 unspecified atom stereocenters. The molecule has 102 valence electrons. The molecule has 20 heavy (non-hydrogen) atoms. The van der Waals surface area contributed by atoms with Crippen LogP contribution in [0.1, 0.15) is 24.5 Å². The third kappa shape index (κ3) is 3.86. The molecule has 0 atom stereocenters. The molecule has 0 bridgehead atoms. The third-order valence-electron chi connectivity index (χ3n) is 3.20. The second-order valence-electron chi connectivity index (χ2n) is 4.74. The number of hydrogen-bond acceptors (Lipinski definition) is 2. The minimum Gasteiger partial charge on any atom is -0.501 e. The van der Waals surface area contributed by atoms with Crippen LogP contribution in [0, 0.1) is 11.8 Å². The van der Waals surface area contributed by atoms with Crippen LogP contribution in [0.2, 0.25) is 0 Å². The lowest BCUT2D eigenvalue weighted by atomic mass is 10.1. The fraction of sp³-hybridized carbons (Fsp3) is 0.278. The summed E-state index contributed by atoms with van der Waals surface area (Å²) in [6.07, 6.45) is 3.88. The van der Waals surface area contributed by atoms with Crippen LogP contribution in [-0.4, -0.2) is 19.4 Å². The number of nitrogens with zero attached hydrogens (tertiary/aromatic N) is 1. The predicted molar refractivity (Wildman–Crippen MR) is 83.8 cm³/mol. The average molecular weight is 265 g/mol. The second kappa shape index (κ2) is 6.77. The summed E-state index contributed by atoms with van der Waals surface area (Å²) in [6, 6.07) is 8.18. The van der Waals surface area contributed by atoms with Crippen LogP contribution in [0.15, 0.2) is 53.2 Å². The Morgan fingerprint density at radius 3 is 2.70 bits per heavy atom. The van der Waals surface area contributed by atoms with E-state index in [2.05, 4.69) is 41.6 Å². The molecular formula is C18H19NO. The molecule has 0 fully saturated rings. The van der Waals surface area contributed by atoms with E-state index in [9.17, 15) is 0 Å². The Morgan fingerprint density at radius 1 is 1.30 bits per heavy atom. The number of benzene rings is 1. The molecule has 1 aliphatic rings. The number of allylic oxidation sites excluding steroid dienone is 2. The molecule has 2 heteroatoms. The monoisotopic (exact) mass is 265 g/mol. The van der Waals surface area contributed by atoms with Crippen molar-refractivity contribution in [2.24, 2.45) is 4.99 Å². The van der Waals surface area contributed by atoms with Crippen LogP contribution in [0.4, 0.5) is 0 Å². The van der Waals surface area contributed by atoms with Crippen molar-refractivity contribution in [2.45, 2.75) is 19.8 Å². The first-order valence-electron chi connectivity index (χ1n) is 6.73. The SMILES string of the molecule is C=C(Cc1ccc(C#CC2=CCCN=C2C)cc1)OC. The van der Waals surface area contributed by atoms with Gasteiger partial charge in [0, 0.05) is 29.8 Å². The van der Waals surface area contributed by atoms with Crippen LogP contribution in [0.3, 0.4) is 0 Å². The van der Waals surface area contributed by atoms with Crippen molar-refractivity contribution >= 4 is 5.71 Å². The lowest BCUT2D eigenvalue weighted by Gasteiger charge is -2.05. The maximum atomic E-state index is 5.08. The van der Waals surface area contributed by atoms with Gasteiger partial charge in [-0.15, -0.1) is 0 Å². The number of aliphatic imine (C=N–C) groups is 1. The van der Waals surface area contributed by atoms with Crippen molar-refractivity contribution < 1.29 is 4.74 Å². The van der Waals surface area contributed by atoms with Crippen molar-refractivity contribution in [3.63, 3.8) is 0 Å². The summed E-state index contributed by atoms with van der Waals surface area (Å²) in [6.45, 7) is 6.72. The van der Waals surface area contributed by atoms with Gasteiger partial charge in [0.2, 0.25) is 0 Å². The zero-order valence-electron chi connectivity index (χ0n) is 12.1. The first kappa shape index (κ1) is 14.1. The van der Waals surface area contributed by atoms with Crippen molar-refractivity contribution in [3.8, 4) is 11.8 Å². The van der Waals surface area contributed by atoms with E-state index in [1.807, 2.05) is 19.1 Å². The maximum absolute atomic E-state index is 5.08. The minimum absolute atomic E-state index is 0.737. The van der Waals surface area contributed by atoms with Gasteiger partial charge in [0.05, 0.1) is 12.9 Å². The molecule has 2 nitrogen and oxygen atoms in total. The molecule has 0 aromatic heterocycles. The van der Waals surface area contributed by atoms with E-state index in [0.717, 1.165) is 42.0 Å². The normalized spacial score (nSPS) is 13.7. The highest BCUT2D eigenvalue weighted by atomic mass is 16.5. The van der Waals surface area contributed by atoms with Crippen LogP contribution < -0.4 is 0 Å². The van der Waals surface area contributed by atoms with Crippen molar-refractivity contribution in [2.75, 3.05) is 13.7 Å². The van der Waals surface area contributed by atoms with E-state index in [0.29, 0.717) is 0 Å². The van der Waals surface area contributed by atoms with E-state index in [1.165, 1.54) is 5.56 Å². The summed E-state index contributed by atoms with van der Waals surface area (Å²) in [5.74, 6) is 7.15. The Bertz CT molecular complexity index is 609. The summed E-state index contributed by atoms with van der Waals surface area (Å²) in [7, 11) is 1.64. The lowest BCUT2D eigenvalue weighted by Crippen LogP contribution is -2.02. The first-order chi connectivity index (χ1) is 9.69. The van der Waals surface area contributed by atoms with Crippen LogP contribution in [0.5, 0.6) is 0 Å². The Morgan fingerprint density at radius 2 is 2.05 bits per heavy atom. The Hall–Kier alpha value is -2.27. The number of hydrogen-bond donors (Lipinski definition) is 0. The van der Waals surface area contributed by atoms with Crippen molar-refractivity contribution in [1.82, 2.24) is 0 Å². The molecule has 0 aliphatic carbocycles. The number of methoxy groups -OCH3 is 1. The summed E-state index contributed by atoms with van der Waals surface area (Å²) in [5.41, 5.74) is 4.28. The Kier molecular flexibility index (Phi) is 4.79. The molecule has 0 N–H and O–H groups in total. The quantitative estimate of drug-likeness (QED) is 0.605. The standard InChI is InChI=1S/C18H19NO/c1-14(20-3)13-17-8-6-16(7-9-17)10-11-18-5-4-12-19-15(18)2/h5-9H,1,4,12-13H2,2-3H3. The van der Waals surface area contributed by atoms with E-state index in [1.54, 1.807) is 7.11 Å². The van der Waals surface area contributed by atoms with Gasteiger partial charge in [-0.1, -0.05) is 36.6 Å². The molecule has 0 spiro atoms. The van der Waals surface area contributed by atoms with Gasteiger partial charge in [-0.25, -0.2) is 0 Å². The zero-order chi connectivity index (χ0) is 14.4. The van der Waals surface area contributed by atoms with Crippen molar-refractivity contribution in [1.29, 1.82) is 0 Å². The molecular weight excluding hydrogens is 246 g/mol. The van der Waals surface area contributed by atoms with Gasteiger partial charge in [-0.2, -0.15) is 0 Å². The number of ether oxygens (including phenoxy) is 1. The van der Waals surface area contributed by atoms with Gasteiger partial charge in [-0.05, 0) is 31.0 Å². The van der Waals surface area contributed by atoms with Crippen LogP contribution in [-0.2, 0) is 11.2 Å². The van der Waals surface area contributed by atoms with Crippen LogP contribution in [0.25, 0.3) is 0 Å². The van der Waals surface area contributed by atoms with E-state index in [-0.39, 0.29) is 0 Å². The maximum Gasteiger partial charge on any atom is 0.0927 e. The number of dihydropyridines is 1. The van der Waals surface area contributed by atoms with Gasteiger partial charge >= 0.3 is 0 Å². The molecule has 0 amide bonds. The number of rotatable bonds is 3. The molecule has 0 saturated carbocycles. The van der Waals surface area contributed by atoms with Gasteiger partial charge in [0.15, 0.2) is 0 Å². The highest BCUT2D eigenvalue weighted by Gasteiger charge is 2.02. The predicted octanol–water partition coefficient (Wildman–Crippen LogP) is 3.53. The fourth-order valence-electron chi connectivity index (χ4n) is 1.96. The van der Waals surface area contributed by atoms with Gasteiger partial charge in [0.1, 0.15) is 0 Å². The summed E-state index contributed by atoms with van der Waals surface area (Å²) < 4.78 is 5.08. The van der Waals surface area contributed by atoms with E-state index in [4.69, 9.17) is 4.74 Å². The Labute approximate surface area is 120 Å². The minimum atomic E-state index is 0.737. The van der Waals surface area contributed by atoms with Gasteiger partial charge in [0.25, 0.3) is 0 Å². The lowest BCUT2D eigenvalue weighted by molar-refractivity contribution is 0.285. The third-order valence-corrected chi connectivity index (χ3v) is 3.20. The molecule has 1 heterocycles. The first-order valence-corrected chi connectivity index (χ1v) is 6.73. The summed E-state index contributed by atoms with van der Waals surface area (Å²) >= 11 is 0. The van der Waals surface area contributed by atoms with Gasteiger partial charge in [-0.3, -0.25) is 4.99 Å². The molecule has 1 aliphatic heterocycles. The second-order valence-corrected chi connectivity index (χ2v) is 4.74. The van der Waals surface area contributed by atoms with E-state index < -0.39 is 0 Å². The molecule has 0 saturated heterocycles. The highest BCUT2D eigenvalue weighted by molar-refractivity contribution is 6.02. The molecule has 1 aromatic carbocycles. The average Bonchev–Trinajstić information content (AvgIpc) is 2.48. The van der Waals surface area contributed by atoms with Crippen LogP contribution >= 0.6 is 0 Å². The summed E-state index contributed by atoms with van der Waals surface area (Å²) in [4.78, 5) is 4.40. The molecule has 0 radical (unpaired) electrons. The smallest absolute Gasteiger partial charge is 0.0927 e. The highest BCUT2D eigenvalue weighted by Crippen LogP contribution is 2.10. The Balaban J connectivity index is 2.06. The fourth-order valence-corrected chi connectivity index (χ4v) is 1.96. The molecule has 1 aromatic rings. The van der Waals surface area contributed by atoms with Gasteiger partial charge < -0.3 is 4.74 Å². The summed E-state index contributed by atoms with van der Waals surface area (Å²) in [5, 5.41) is 0. The van der Waals surface area contributed by atoms with E-state index >= 15 is 0 Å². The topological polar surface area (TPSA) is 21.6 Å².